The van der Waals surface area contributed by atoms with Crippen LogP contribution in [0.25, 0.3) is 0 Å². The first-order valence-electron chi connectivity index (χ1n) is 7.06. The molecule has 0 bridgehead atoms. The van der Waals surface area contributed by atoms with Crippen molar-refractivity contribution < 1.29 is 13.9 Å². The highest BCUT2D eigenvalue weighted by atomic mass is 19.1. The lowest BCUT2D eigenvalue weighted by Gasteiger charge is -2.08. The molecule has 0 fully saturated rings. The van der Waals surface area contributed by atoms with Crippen molar-refractivity contribution in [3.8, 4) is 0 Å². The van der Waals surface area contributed by atoms with Gasteiger partial charge in [0.2, 0.25) is 0 Å². The Morgan fingerprint density at radius 2 is 2.05 bits per heavy atom. The number of carbonyl (C=O) groups excluding carboxylic acids is 1. The maximum atomic E-state index is 12.9. The number of nitrogens with one attached hydrogen (secondary N) is 2. The molecule has 0 aromatic heterocycles. The Bertz CT molecular complexity index is 399. The highest BCUT2D eigenvalue weighted by molar-refractivity contribution is 5.73. The molecule has 0 unspecified atom stereocenters. The molecule has 5 heteroatoms. The van der Waals surface area contributed by atoms with Crippen LogP contribution in [0.4, 0.5) is 9.18 Å². The second-order valence-electron chi connectivity index (χ2n) is 4.56. The summed E-state index contributed by atoms with van der Waals surface area (Å²) in [7, 11) is 0. The first kappa shape index (κ1) is 16.4. The zero-order chi connectivity index (χ0) is 14.6. The van der Waals surface area contributed by atoms with E-state index in [1.807, 2.05) is 0 Å². The van der Waals surface area contributed by atoms with Crippen molar-refractivity contribution in [1.82, 2.24) is 10.6 Å². The van der Waals surface area contributed by atoms with E-state index in [1.165, 1.54) is 12.1 Å². The van der Waals surface area contributed by atoms with Crippen LogP contribution in [0, 0.1) is 5.82 Å². The molecule has 1 rings (SSSR count). The molecule has 1 aromatic carbocycles. The minimum atomic E-state index is -0.297. The fraction of sp³-hybridized carbons (Fsp3) is 0.533. The molecule has 2 N–H and O–H groups in total. The fourth-order valence-electron chi connectivity index (χ4n) is 1.62. The van der Waals surface area contributed by atoms with Crippen molar-refractivity contribution in [2.45, 2.75) is 32.7 Å². The summed E-state index contributed by atoms with van der Waals surface area (Å²) in [5.74, 6) is -0.297. The second kappa shape index (κ2) is 10.2. The van der Waals surface area contributed by atoms with E-state index in [2.05, 4.69) is 17.6 Å². The minimum Gasteiger partial charge on any atom is -0.381 e. The molecule has 0 saturated heterocycles. The molecule has 112 valence electrons. The first-order valence-corrected chi connectivity index (χ1v) is 7.06. The van der Waals surface area contributed by atoms with Gasteiger partial charge in [0, 0.05) is 26.3 Å². The van der Waals surface area contributed by atoms with Gasteiger partial charge < -0.3 is 15.4 Å². The summed E-state index contributed by atoms with van der Waals surface area (Å²) in [5, 5.41) is 5.41. The summed E-state index contributed by atoms with van der Waals surface area (Å²) < 4.78 is 18.3. The Labute approximate surface area is 119 Å². The summed E-state index contributed by atoms with van der Waals surface area (Å²) in [6, 6.07) is 5.93. The summed E-state index contributed by atoms with van der Waals surface area (Å²) in [6.07, 6.45) is 2.99. The van der Waals surface area contributed by atoms with Gasteiger partial charge in [0.05, 0.1) is 0 Å². The van der Waals surface area contributed by atoms with Crippen molar-refractivity contribution in [2.24, 2.45) is 0 Å². The van der Waals surface area contributed by atoms with Crippen molar-refractivity contribution in [3.63, 3.8) is 0 Å². The Balaban J connectivity index is 2.03. The van der Waals surface area contributed by atoms with Gasteiger partial charge in [-0.05, 0) is 30.5 Å². The molecule has 2 amide bonds. The smallest absolute Gasteiger partial charge is 0.315 e. The van der Waals surface area contributed by atoms with Gasteiger partial charge in [-0.3, -0.25) is 0 Å². The number of amides is 2. The monoisotopic (exact) mass is 282 g/mol. The van der Waals surface area contributed by atoms with Crippen molar-refractivity contribution in [3.05, 3.63) is 35.6 Å². The average Bonchev–Trinajstić information content (AvgIpc) is 2.44. The Kier molecular flexibility index (Phi) is 8.38. The zero-order valence-electron chi connectivity index (χ0n) is 12.0. The van der Waals surface area contributed by atoms with Gasteiger partial charge in [0.15, 0.2) is 0 Å². The normalized spacial score (nSPS) is 10.3. The Hall–Kier alpha value is -1.62. The van der Waals surface area contributed by atoms with E-state index in [0.717, 1.165) is 31.4 Å². The number of urea groups is 1. The molecule has 4 nitrogen and oxygen atoms in total. The van der Waals surface area contributed by atoms with E-state index < -0.39 is 0 Å². The molecule has 0 aliphatic rings. The van der Waals surface area contributed by atoms with Gasteiger partial charge in [-0.2, -0.15) is 0 Å². The van der Waals surface area contributed by atoms with E-state index >= 15 is 0 Å². The van der Waals surface area contributed by atoms with Crippen LogP contribution in [-0.4, -0.2) is 25.8 Å². The molecule has 0 heterocycles. The van der Waals surface area contributed by atoms with Crippen LogP contribution in [0.2, 0.25) is 0 Å². The lowest BCUT2D eigenvalue weighted by Crippen LogP contribution is -2.35. The van der Waals surface area contributed by atoms with Gasteiger partial charge in [-0.25, -0.2) is 9.18 Å². The van der Waals surface area contributed by atoms with E-state index in [0.29, 0.717) is 19.7 Å². The summed E-state index contributed by atoms with van der Waals surface area (Å²) in [6.45, 7) is 4.44. The highest BCUT2D eigenvalue weighted by Crippen LogP contribution is 2.02. The zero-order valence-corrected chi connectivity index (χ0v) is 12.0. The predicted octanol–water partition coefficient (Wildman–Crippen LogP) is 2.83. The number of halogens is 1. The van der Waals surface area contributed by atoms with Gasteiger partial charge in [-0.1, -0.05) is 25.5 Å². The Morgan fingerprint density at radius 1 is 1.25 bits per heavy atom. The topological polar surface area (TPSA) is 50.4 Å². The van der Waals surface area contributed by atoms with Gasteiger partial charge in [0.25, 0.3) is 0 Å². The maximum Gasteiger partial charge on any atom is 0.315 e. The second-order valence-corrected chi connectivity index (χ2v) is 4.56. The fourth-order valence-corrected chi connectivity index (χ4v) is 1.62. The van der Waals surface area contributed by atoms with Crippen LogP contribution in [0.1, 0.15) is 31.7 Å². The van der Waals surface area contributed by atoms with Crippen molar-refractivity contribution in [2.75, 3.05) is 19.8 Å². The van der Waals surface area contributed by atoms with Crippen molar-refractivity contribution in [1.29, 1.82) is 0 Å². The molecule has 0 atom stereocenters. The summed E-state index contributed by atoms with van der Waals surface area (Å²) in [5.41, 5.74) is 0.739. The molecule has 0 aliphatic heterocycles. The largest absolute Gasteiger partial charge is 0.381 e. The molecule has 1 aromatic rings. The lowest BCUT2D eigenvalue weighted by atomic mass is 10.2. The maximum absolute atomic E-state index is 12.9. The van der Waals surface area contributed by atoms with Crippen LogP contribution in [0.15, 0.2) is 24.3 Å². The number of hydrogen-bond donors (Lipinski definition) is 2. The predicted molar refractivity (Wildman–Crippen MR) is 77.0 cm³/mol. The van der Waals surface area contributed by atoms with E-state index in [-0.39, 0.29) is 11.8 Å². The number of benzene rings is 1. The van der Waals surface area contributed by atoms with Crippen LogP contribution in [0.5, 0.6) is 0 Å². The van der Waals surface area contributed by atoms with Gasteiger partial charge >= 0.3 is 6.03 Å². The van der Waals surface area contributed by atoms with Gasteiger partial charge in [0.1, 0.15) is 5.82 Å². The molecule has 0 aliphatic carbocycles. The van der Waals surface area contributed by atoms with Crippen LogP contribution in [0.3, 0.4) is 0 Å². The third-order valence-corrected chi connectivity index (χ3v) is 2.74. The van der Waals surface area contributed by atoms with E-state index in [9.17, 15) is 9.18 Å². The third kappa shape index (κ3) is 7.74. The molecular formula is C15H23FN2O2. The SMILES string of the molecule is CCCCOCCCNC(=O)NCc1cccc(F)c1. The van der Waals surface area contributed by atoms with Crippen LogP contribution in [-0.2, 0) is 11.3 Å². The van der Waals surface area contributed by atoms with E-state index in [1.54, 1.807) is 12.1 Å². The molecule has 20 heavy (non-hydrogen) atoms. The number of carbonyl (C=O) groups is 1. The van der Waals surface area contributed by atoms with Crippen molar-refractivity contribution >= 4 is 6.03 Å². The highest BCUT2D eigenvalue weighted by Gasteiger charge is 2.00. The first-order chi connectivity index (χ1) is 9.72. The summed E-state index contributed by atoms with van der Waals surface area (Å²) >= 11 is 0. The molecule has 0 saturated carbocycles. The minimum absolute atomic E-state index is 0.247. The quantitative estimate of drug-likeness (QED) is 0.684. The molecular weight excluding hydrogens is 259 g/mol. The third-order valence-electron chi connectivity index (χ3n) is 2.74. The number of unbranched alkanes of at least 4 members (excludes halogenated alkanes) is 1. The molecule has 0 radical (unpaired) electrons. The van der Waals surface area contributed by atoms with E-state index in [4.69, 9.17) is 4.74 Å². The average molecular weight is 282 g/mol. The van der Waals surface area contributed by atoms with Crippen LogP contribution < -0.4 is 10.6 Å². The van der Waals surface area contributed by atoms with Gasteiger partial charge in [-0.15, -0.1) is 0 Å². The van der Waals surface area contributed by atoms with Crippen LogP contribution >= 0.6 is 0 Å². The number of rotatable bonds is 9. The lowest BCUT2D eigenvalue weighted by molar-refractivity contribution is 0.129. The number of hydrogen-bond acceptors (Lipinski definition) is 2. The number of ether oxygens (including phenoxy) is 1. The summed E-state index contributed by atoms with van der Waals surface area (Å²) in [4.78, 5) is 11.5. The standard InChI is InChI=1S/C15H23FN2O2/c1-2-3-9-20-10-5-8-17-15(19)18-12-13-6-4-7-14(16)11-13/h4,6-7,11H,2-3,5,8-10,12H2,1H3,(H2,17,18,19). The Morgan fingerprint density at radius 3 is 2.80 bits per heavy atom. The molecule has 0 spiro atoms.